The van der Waals surface area contributed by atoms with Crippen molar-refractivity contribution < 1.29 is 9.53 Å². The maximum Gasteiger partial charge on any atom is 0.277 e. The van der Waals surface area contributed by atoms with E-state index in [-0.39, 0.29) is 12.5 Å². The van der Waals surface area contributed by atoms with Gasteiger partial charge in [0.05, 0.1) is 0 Å². The number of aryl methyl sites for hydroxylation is 1. The number of ether oxygens (including phenoxy) is 1. The highest BCUT2D eigenvalue weighted by molar-refractivity contribution is 6.30. The molecule has 0 unspecified atom stereocenters. The first-order valence-corrected chi connectivity index (χ1v) is 9.21. The molecular weight excluding hydrogens is 324 g/mol. The van der Waals surface area contributed by atoms with E-state index < -0.39 is 0 Å². The molecule has 1 aromatic carbocycles. The van der Waals surface area contributed by atoms with Crippen molar-refractivity contribution in [2.24, 2.45) is 28.8 Å². The molecule has 0 saturated heterocycles. The summed E-state index contributed by atoms with van der Waals surface area (Å²) in [7, 11) is 0. The lowest BCUT2D eigenvalue weighted by Crippen LogP contribution is -2.46. The van der Waals surface area contributed by atoms with E-state index in [1.165, 1.54) is 37.8 Å². The topological polar surface area (TPSA) is 50.7 Å². The van der Waals surface area contributed by atoms with Crippen molar-refractivity contribution in [2.75, 3.05) is 6.61 Å². The fraction of sp³-hybridized carbons (Fsp3) is 0.579. The molecule has 0 heterocycles. The maximum absolute atomic E-state index is 12.1. The number of hydrazone groups is 1. The van der Waals surface area contributed by atoms with Crippen molar-refractivity contribution in [1.82, 2.24) is 5.43 Å². The fourth-order valence-electron chi connectivity index (χ4n) is 4.93. The summed E-state index contributed by atoms with van der Waals surface area (Å²) in [6.45, 7) is 1.88. The Morgan fingerprint density at radius 1 is 1.21 bits per heavy atom. The standard InChI is InChI=1S/C19H23ClN2O2/c1-11-4-16(20)2-3-17(11)24-10-18(23)21-22-19-14-6-12-5-13(8-14)9-15(19)7-12/h2-4,12-15H,5-10H2,1H3,(H,21,23). The molecule has 4 nitrogen and oxygen atoms in total. The van der Waals surface area contributed by atoms with Gasteiger partial charge in [0.15, 0.2) is 6.61 Å². The Hall–Kier alpha value is -1.55. The van der Waals surface area contributed by atoms with Gasteiger partial charge < -0.3 is 4.74 Å². The van der Waals surface area contributed by atoms with Gasteiger partial charge in [-0.15, -0.1) is 0 Å². The molecule has 1 N–H and O–H groups in total. The SMILES string of the molecule is Cc1cc(Cl)ccc1OCC(=O)NN=C1C2CC3CC(C2)CC1C3. The lowest BCUT2D eigenvalue weighted by Gasteiger charge is -2.50. The van der Waals surface area contributed by atoms with Crippen molar-refractivity contribution in [1.29, 1.82) is 0 Å². The average Bonchev–Trinajstić information content (AvgIpc) is 2.52. The van der Waals surface area contributed by atoms with Gasteiger partial charge in [0.1, 0.15) is 5.75 Å². The maximum atomic E-state index is 12.1. The van der Waals surface area contributed by atoms with Gasteiger partial charge in [-0.1, -0.05) is 11.6 Å². The summed E-state index contributed by atoms with van der Waals surface area (Å²) >= 11 is 5.92. The molecule has 1 aromatic rings. The molecule has 24 heavy (non-hydrogen) atoms. The third-order valence-corrected chi connectivity index (χ3v) is 6.02. The second-order valence-electron chi connectivity index (χ2n) is 7.57. The predicted octanol–water partition coefficient (Wildman–Crippen LogP) is 3.96. The number of nitrogens with one attached hydrogen (secondary N) is 1. The second kappa shape index (κ2) is 6.40. The van der Waals surface area contributed by atoms with Gasteiger partial charge >= 0.3 is 0 Å². The zero-order valence-electron chi connectivity index (χ0n) is 13.9. The fourth-order valence-corrected chi connectivity index (χ4v) is 5.15. The minimum atomic E-state index is -0.203. The highest BCUT2D eigenvalue weighted by Crippen LogP contribution is 2.52. The van der Waals surface area contributed by atoms with E-state index in [1.807, 2.05) is 13.0 Å². The molecule has 4 aliphatic carbocycles. The molecule has 128 valence electrons. The van der Waals surface area contributed by atoms with Crippen molar-refractivity contribution in [2.45, 2.75) is 39.0 Å². The highest BCUT2D eigenvalue weighted by Gasteiger charge is 2.46. The van der Waals surface area contributed by atoms with E-state index in [9.17, 15) is 4.79 Å². The number of carbonyl (C=O) groups is 1. The minimum absolute atomic E-state index is 0.0279. The first-order chi connectivity index (χ1) is 11.6. The largest absolute Gasteiger partial charge is 0.483 e. The van der Waals surface area contributed by atoms with Crippen LogP contribution in [0.4, 0.5) is 0 Å². The van der Waals surface area contributed by atoms with E-state index >= 15 is 0 Å². The summed E-state index contributed by atoms with van der Waals surface area (Å²) in [6.07, 6.45) is 6.48. The Bertz CT molecular complexity index is 656. The van der Waals surface area contributed by atoms with Crippen LogP contribution < -0.4 is 10.2 Å². The number of carbonyl (C=O) groups excluding carboxylic acids is 1. The van der Waals surface area contributed by atoms with Crippen LogP contribution >= 0.6 is 11.6 Å². The smallest absolute Gasteiger partial charge is 0.277 e. The molecule has 0 aromatic heterocycles. The average molecular weight is 347 g/mol. The van der Waals surface area contributed by atoms with Crippen LogP contribution in [0.25, 0.3) is 0 Å². The molecular formula is C19H23ClN2O2. The van der Waals surface area contributed by atoms with E-state index in [4.69, 9.17) is 16.3 Å². The van der Waals surface area contributed by atoms with Gasteiger partial charge in [0, 0.05) is 10.7 Å². The van der Waals surface area contributed by atoms with Crippen molar-refractivity contribution >= 4 is 23.2 Å². The van der Waals surface area contributed by atoms with Crippen LogP contribution in [-0.4, -0.2) is 18.2 Å². The molecule has 0 radical (unpaired) electrons. The Morgan fingerprint density at radius 3 is 2.50 bits per heavy atom. The van der Waals surface area contributed by atoms with Crippen LogP contribution in [0.3, 0.4) is 0 Å². The van der Waals surface area contributed by atoms with Crippen LogP contribution in [0.15, 0.2) is 23.3 Å². The second-order valence-corrected chi connectivity index (χ2v) is 8.01. The van der Waals surface area contributed by atoms with Gasteiger partial charge in [-0.05, 0) is 86.5 Å². The Morgan fingerprint density at radius 2 is 1.88 bits per heavy atom. The van der Waals surface area contributed by atoms with Gasteiger partial charge in [0.2, 0.25) is 0 Å². The first kappa shape index (κ1) is 15.9. The summed E-state index contributed by atoms with van der Waals surface area (Å²) in [5.74, 6) is 3.47. The van der Waals surface area contributed by atoms with Gasteiger partial charge in [0.25, 0.3) is 5.91 Å². The van der Waals surface area contributed by atoms with E-state index in [0.29, 0.717) is 22.6 Å². The van der Waals surface area contributed by atoms with Crippen molar-refractivity contribution in [3.63, 3.8) is 0 Å². The summed E-state index contributed by atoms with van der Waals surface area (Å²) in [5, 5.41) is 5.15. The number of halogens is 1. The zero-order chi connectivity index (χ0) is 16.7. The number of benzene rings is 1. The Labute approximate surface area is 147 Å². The number of amides is 1. The van der Waals surface area contributed by atoms with Crippen LogP contribution in [0, 0.1) is 30.6 Å². The summed E-state index contributed by atoms with van der Waals surface area (Å²) < 4.78 is 5.57. The van der Waals surface area contributed by atoms with Crippen LogP contribution in [0.2, 0.25) is 5.02 Å². The molecule has 0 spiro atoms. The molecule has 5 rings (SSSR count). The third-order valence-electron chi connectivity index (χ3n) is 5.78. The number of rotatable bonds is 4. The summed E-state index contributed by atoms with van der Waals surface area (Å²) in [5.41, 5.74) is 4.86. The predicted molar refractivity (Wildman–Crippen MR) is 94.3 cm³/mol. The Kier molecular flexibility index (Phi) is 4.25. The lowest BCUT2D eigenvalue weighted by molar-refractivity contribution is -0.123. The van der Waals surface area contributed by atoms with Gasteiger partial charge in [-0.3, -0.25) is 4.79 Å². The van der Waals surface area contributed by atoms with Crippen LogP contribution in [0.5, 0.6) is 5.75 Å². The van der Waals surface area contributed by atoms with Crippen LogP contribution in [0.1, 0.15) is 37.7 Å². The van der Waals surface area contributed by atoms with E-state index in [0.717, 1.165) is 17.4 Å². The number of hydrogen-bond acceptors (Lipinski definition) is 3. The molecule has 4 bridgehead atoms. The summed E-state index contributed by atoms with van der Waals surface area (Å²) in [4.78, 5) is 12.1. The molecule has 1 amide bonds. The third kappa shape index (κ3) is 3.16. The number of hydrogen-bond donors (Lipinski definition) is 1. The normalized spacial score (nSPS) is 30.3. The molecule has 4 fully saturated rings. The quantitative estimate of drug-likeness (QED) is 0.839. The zero-order valence-corrected chi connectivity index (χ0v) is 14.7. The summed E-state index contributed by atoms with van der Waals surface area (Å²) in [6, 6.07) is 5.37. The number of nitrogens with zero attached hydrogens (tertiary/aromatic N) is 1. The first-order valence-electron chi connectivity index (χ1n) is 8.83. The lowest BCUT2D eigenvalue weighted by atomic mass is 9.55. The molecule has 4 saturated carbocycles. The molecule has 0 aliphatic heterocycles. The Balaban J connectivity index is 1.33. The highest BCUT2D eigenvalue weighted by atomic mass is 35.5. The minimum Gasteiger partial charge on any atom is -0.483 e. The van der Waals surface area contributed by atoms with Crippen molar-refractivity contribution in [3.05, 3.63) is 28.8 Å². The van der Waals surface area contributed by atoms with E-state index in [2.05, 4.69) is 10.5 Å². The van der Waals surface area contributed by atoms with Gasteiger partial charge in [-0.2, -0.15) is 5.10 Å². The van der Waals surface area contributed by atoms with E-state index in [1.54, 1.807) is 12.1 Å². The van der Waals surface area contributed by atoms with Crippen molar-refractivity contribution in [3.8, 4) is 5.75 Å². The molecule has 4 aliphatic rings. The van der Waals surface area contributed by atoms with Gasteiger partial charge in [-0.25, -0.2) is 5.43 Å². The molecule has 0 atom stereocenters. The molecule has 5 heteroatoms. The van der Waals surface area contributed by atoms with Crippen LogP contribution in [-0.2, 0) is 4.79 Å². The monoisotopic (exact) mass is 346 g/mol.